The number of anilines is 1. The first-order valence-electron chi connectivity index (χ1n) is 10.9. The van der Waals surface area contributed by atoms with Crippen LogP contribution in [-0.4, -0.2) is 44.3 Å². The molecule has 0 heterocycles. The minimum absolute atomic E-state index is 0.194. The van der Waals surface area contributed by atoms with Gasteiger partial charge >= 0.3 is 5.97 Å². The molecular weight excluding hydrogens is 440 g/mol. The Balaban J connectivity index is 1.95. The van der Waals surface area contributed by atoms with Crippen LogP contribution in [0.2, 0.25) is 0 Å². The maximum absolute atomic E-state index is 12.5. The Kier molecular flexibility index (Phi) is 9.37. The molecule has 0 aliphatic carbocycles. The Morgan fingerprint density at radius 3 is 2.27 bits per heavy atom. The van der Waals surface area contributed by atoms with Gasteiger partial charge < -0.3 is 10.1 Å². The molecule has 178 valence electrons. The van der Waals surface area contributed by atoms with Crippen LogP contribution in [0.5, 0.6) is 0 Å². The number of hydrogen-bond donors (Lipinski definition) is 1. The van der Waals surface area contributed by atoms with E-state index in [1.165, 1.54) is 28.6 Å². The second-order valence-electron chi connectivity index (χ2n) is 7.84. The van der Waals surface area contributed by atoms with E-state index < -0.39 is 28.5 Å². The second kappa shape index (κ2) is 11.8. The number of rotatable bonds is 10. The number of amides is 1. The van der Waals surface area contributed by atoms with Gasteiger partial charge in [-0.2, -0.15) is 4.31 Å². The molecule has 0 bridgehead atoms. The van der Waals surface area contributed by atoms with Crippen LogP contribution in [-0.2, 0) is 24.3 Å². The molecule has 2 aromatic carbocycles. The Bertz CT molecular complexity index is 1100. The number of carbonyl (C=O) groups excluding carboxylic acids is 2. The van der Waals surface area contributed by atoms with Crippen LogP contribution in [0.15, 0.2) is 53.4 Å². The number of hydrogen-bond acceptors (Lipinski definition) is 5. The predicted octanol–water partition coefficient (Wildman–Crippen LogP) is 4.34. The van der Waals surface area contributed by atoms with Crippen molar-refractivity contribution in [3.05, 3.63) is 65.2 Å². The quantitative estimate of drug-likeness (QED) is 0.410. The lowest BCUT2D eigenvalue weighted by atomic mass is 9.98. The summed E-state index contributed by atoms with van der Waals surface area (Å²) in [7, 11) is -3.53. The molecule has 0 saturated carbocycles. The maximum Gasteiger partial charge on any atom is 0.331 e. The van der Waals surface area contributed by atoms with Crippen molar-refractivity contribution in [2.75, 3.05) is 25.0 Å². The number of benzene rings is 2. The number of carbonyl (C=O) groups is 2. The molecule has 2 rings (SSSR count). The van der Waals surface area contributed by atoms with Crippen molar-refractivity contribution < 1.29 is 22.7 Å². The first kappa shape index (κ1) is 26.3. The van der Waals surface area contributed by atoms with E-state index in [4.69, 9.17) is 4.74 Å². The number of esters is 1. The average molecular weight is 473 g/mol. The number of aryl methyl sites for hydroxylation is 1. The number of nitrogens with one attached hydrogen (secondary N) is 1. The van der Waals surface area contributed by atoms with E-state index in [-0.39, 0.29) is 10.8 Å². The number of ether oxygens (including phenoxy) is 1. The summed E-state index contributed by atoms with van der Waals surface area (Å²) in [4.78, 5) is 24.5. The molecule has 33 heavy (non-hydrogen) atoms. The fraction of sp³-hybridized carbons (Fsp3) is 0.360. The molecule has 1 N–H and O–H groups in total. The molecule has 7 nitrogen and oxygen atoms in total. The molecule has 0 aromatic heterocycles. The molecule has 0 radical (unpaired) electrons. The highest BCUT2D eigenvalue weighted by atomic mass is 32.2. The maximum atomic E-state index is 12.5. The topological polar surface area (TPSA) is 92.8 Å². The molecule has 1 amide bonds. The van der Waals surface area contributed by atoms with E-state index in [1.54, 1.807) is 26.0 Å². The summed E-state index contributed by atoms with van der Waals surface area (Å²) in [5, 5.41) is 2.83. The lowest BCUT2D eigenvalue weighted by Crippen LogP contribution is -2.30. The van der Waals surface area contributed by atoms with Gasteiger partial charge in [-0.1, -0.05) is 58.0 Å². The smallest absolute Gasteiger partial charge is 0.331 e. The molecule has 2 aromatic rings. The standard InChI is InChI=1S/C25H32N2O5S/c1-6-27(7-2)33(30,31)21-14-11-20(12-15-21)13-16-24(29)32-17-23(28)26-25-19(5)9-8-10-22(25)18(3)4/h8-16,18H,6-7,17H2,1-5H3,(H,26,28)/b16-13+. The van der Waals surface area contributed by atoms with Gasteiger partial charge in [0.1, 0.15) is 0 Å². The van der Waals surface area contributed by atoms with Gasteiger partial charge in [0.15, 0.2) is 6.61 Å². The summed E-state index contributed by atoms with van der Waals surface area (Å²) in [6.45, 7) is 9.94. The minimum Gasteiger partial charge on any atom is -0.452 e. The van der Waals surface area contributed by atoms with Gasteiger partial charge in [0.2, 0.25) is 10.0 Å². The fourth-order valence-corrected chi connectivity index (χ4v) is 4.79. The highest BCUT2D eigenvalue weighted by molar-refractivity contribution is 7.89. The van der Waals surface area contributed by atoms with Crippen molar-refractivity contribution in [1.82, 2.24) is 4.31 Å². The van der Waals surface area contributed by atoms with Crippen LogP contribution in [0.1, 0.15) is 50.3 Å². The van der Waals surface area contributed by atoms with Crippen molar-refractivity contribution in [3.8, 4) is 0 Å². The lowest BCUT2D eigenvalue weighted by molar-refractivity contribution is -0.142. The van der Waals surface area contributed by atoms with Gasteiger partial charge in [-0.25, -0.2) is 13.2 Å². The van der Waals surface area contributed by atoms with Crippen molar-refractivity contribution in [3.63, 3.8) is 0 Å². The van der Waals surface area contributed by atoms with E-state index in [1.807, 2.05) is 39.0 Å². The zero-order valence-corrected chi connectivity index (χ0v) is 20.6. The largest absolute Gasteiger partial charge is 0.452 e. The molecule has 0 atom stereocenters. The number of para-hydroxylation sites is 1. The van der Waals surface area contributed by atoms with Gasteiger partial charge in [0, 0.05) is 24.9 Å². The van der Waals surface area contributed by atoms with Gasteiger partial charge in [0.05, 0.1) is 4.90 Å². The number of sulfonamides is 1. The normalized spacial score (nSPS) is 11.8. The Morgan fingerprint density at radius 1 is 1.06 bits per heavy atom. The fourth-order valence-electron chi connectivity index (χ4n) is 3.33. The highest BCUT2D eigenvalue weighted by Crippen LogP contribution is 2.27. The van der Waals surface area contributed by atoms with Gasteiger partial charge in [-0.3, -0.25) is 4.79 Å². The van der Waals surface area contributed by atoms with Crippen LogP contribution in [0.3, 0.4) is 0 Å². The third-order valence-electron chi connectivity index (χ3n) is 5.17. The van der Waals surface area contributed by atoms with E-state index in [9.17, 15) is 18.0 Å². The lowest BCUT2D eigenvalue weighted by Gasteiger charge is -2.18. The highest BCUT2D eigenvalue weighted by Gasteiger charge is 2.21. The SMILES string of the molecule is CCN(CC)S(=O)(=O)c1ccc(/C=C/C(=O)OCC(=O)Nc2c(C)cccc2C(C)C)cc1. The zero-order valence-electron chi connectivity index (χ0n) is 19.8. The van der Waals surface area contributed by atoms with Crippen molar-refractivity contribution in [2.45, 2.75) is 45.4 Å². The third-order valence-corrected chi connectivity index (χ3v) is 7.24. The summed E-state index contributed by atoms with van der Waals surface area (Å²) in [6, 6.07) is 12.0. The van der Waals surface area contributed by atoms with Crippen molar-refractivity contribution in [1.29, 1.82) is 0 Å². The summed E-state index contributed by atoms with van der Waals surface area (Å²) >= 11 is 0. The molecule has 8 heteroatoms. The first-order valence-corrected chi connectivity index (χ1v) is 12.4. The van der Waals surface area contributed by atoms with Gasteiger partial charge in [-0.15, -0.1) is 0 Å². The molecular formula is C25H32N2O5S. The van der Waals surface area contributed by atoms with E-state index >= 15 is 0 Å². The van der Waals surface area contributed by atoms with Crippen molar-refractivity contribution in [2.24, 2.45) is 0 Å². The molecule has 0 aliphatic rings. The molecule has 0 aliphatic heterocycles. The Labute approximate surface area is 196 Å². The Hall–Kier alpha value is -2.97. The van der Waals surface area contributed by atoms with Crippen molar-refractivity contribution >= 4 is 33.7 Å². The average Bonchev–Trinajstić information content (AvgIpc) is 2.78. The van der Waals surface area contributed by atoms with Crippen LogP contribution in [0.4, 0.5) is 5.69 Å². The van der Waals surface area contributed by atoms with Gasteiger partial charge in [0.25, 0.3) is 5.91 Å². The molecule has 0 spiro atoms. The molecule has 0 saturated heterocycles. The monoisotopic (exact) mass is 472 g/mol. The summed E-state index contributed by atoms with van der Waals surface area (Å²) in [6.07, 6.45) is 2.71. The van der Waals surface area contributed by atoms with E-state index in [2.05, 4.69) is 5.32 Å². The van der Waals surface area contributed by atoms with Crippen LogP contribution >= 0.6 is 0 Å². The predicted molar refractivity (Wildman–Crippen MR) is 130 cm³/mol. The first-order chi connectivity index (χ1) is 15.6. The Morgan fingerprint density at radius 2 is 1.70 bits per heavy atom. The van der Waals surface area contributed by atoms with Crippen LogP contribution in [0, 0.1) is 6.92 Å². The second-order valence-corrected chi connectivity index (χ2v) is 9.78. The zero-order chi connectivity index (χ0) is 24.6. The minimum atomic E-state index is -3.53. The molecule has 0 fully saturated rings. The van der Waals surface area contributed by atoms with Crippen LogP contribution < -0.4 is 5.32 Å². The summed E-state index contributed by atoms with van der Waals surface area (Å²) < 4.78 is 31.5. The molecule has 0 unspecified atom stereocenters. The van der Waals surface area contributed by atoms with Gasteiger partial charge in [-0.05, 0) is 47.7 Å². The summed E-state index contributed by atoms with van der Waals surface area (Å²) in [5.74, 6) is -0.850. The van der Waals surface area contributed by atoms with Crippen LogP contribution in [0.25, 0.3) is 6.08 Å². The summed E-state index contributed by atoms with van der Waals surface area (Å²) in [5.41, 5.74) is 3.33. The third kappa shape index (κ3) is 7.00. The number of nitrogens with zero attached hydrogens (tertiary/aromatic N) is 1. The van der Waals surface area contributed by atoms with E-state index in [0.717, 1.165) is 16.8 Å². The van der Waals surface area contributed by atoms with E-state index in [0.29, 0.717) is 18.7 Å².